The number of morpholine rings is 1. The van der Waals surface area contributed by atoms with Crippen LogP contribution in [0.5, 0.6) is 0 Å². The van der Waals surface area contributed by atoms with Crippen LogP contribution in [0.4, 0.5) is 15.8 Å². The van der Waals surface area contributed by atoms with Gasteiger partial charge in [-0.1, -0.05) is 17.7 Å². The van der Waals surface area contributed by atoms with Crippen molar-refractivity contribution in [3.63, 3.8) is 0 Å². The summed E-state index contributed by atoms with van der Waals surface area (Å²) in [6.45, 7) is 2.37. The zero-order chi connectivity index (χ0) is 19.2. The predicted octanol–water partition coefficient (Wildman–Crippen LogP) is 3.86. The fourth-order valence-corrected chi connectivity index (χ4v) is 2.85. The molecule has 0 aromatic heterocycles. The van der Waals surface area contributed by atoms with Gasteiger partial charge in [-0.3, -0.25) is 4.79 Å². The van der Waals surface area contributed by atoms with E-state index in [-0.39, 0.29) is 5.57 Å². The van der Waals surface area contributed by atoms with Gasteiger partial charge in [0.15, 0.2) is 0 Å². The second-order valence-electron chi connectivity index (χ2n) is 5.94. The van der Waals surface area contributed by atoms with Gasteiger partial charge in [0, 0.05) is 23.8 Å². The number of nitriles is 1. The van der Waals surface area contributed by atoms with Crippen molar-refractivity contribution in [3.05, 3.63) is 64.4 Å². The Morgan fingerprint density at radius 1 is 1.22 bits per heavy atom. The molecule has 7 heteroatoms. The van der Waals surface area contributed by atoms with Crippen LogP contribution in [0, 0.1) is 17.1 Å². The molecular weight excluding hydrogens is 369 g/mol. The van der Waals surface area contributed by atoms with E-state index in [9.17, 15) is 14.4 Å². The monoisotopic (exact) mass is 385 g/mol. The minimum Gasteiger partial charge on any atom is -0.378 e. The van der Waals surface area contributed by atoms with Gasteiger partial charge in [0.25, 0.3) is 5.91 Å². The first-order chi connectivity index (χ1) is 13.1. The molecule has 1 amide bonds. The zero-order valence-electron chi connectivity index (χ0n) is 14.4. The zero-order valence-corrected chi connectivity index (χ0v) is 15.2. The molecule has 1 aliphatic rings. The summed E-state index contributed by atoms with van der Waals surface area (Å²) in [5, 5.41) is 12.4. The maximum Gasteiger partial charge on any atom is 0.266 e. The molecule has 1 aliphatic heterocycles. The second kappa shape index (κ2) is 8.67. The normalized spacial score (nSPS) is 14.6. The molecule has 1 N–H and O–H groups in total. The number of carbonyl (C=O) groups is 1. The summed E-state index contributed by atoms with van der Waals surface area (Å²) in [7, 11) is 0. The lowest BCUT2D eigenvalue weighted by Crippen LogP contribution is -2.36. The minimum absolute atomic E-state index is 0.122. The van der Waals surface area contributed by atoms with Crippen molar-refractivity contribution in [2.45, 2.75) is 0 Å². The molecule has 138 valence electrons. The average Bonchev–Trinajstić information content (AvgIpc) is 2.68. The third-order valence-corrected chi connectivity index (χ3v) is 4.35. The molecule has 3 rings (SSSR count). The number of nitrogens with one attached hydrogen (secondary N) is 1. The van der Waals surface area contributed by atoms with Crippen molar-refractivity contribution in [2.24, 2.45) is 0 Å². The van der Waals surface area contributed by atoms with E-state index in [0.717, 1.165) is 0 Å². The second-order valence-corrected chi connectivity index (χ2v) is 6.38. The minimum atomic E-state index is -0.572. The van der Waals surface area contributed by atoms with Crippen LogP contribution < -0.4 is 10.2 Å². The van der Waals surface area contributed by atoms with E-state index < -0.39 is 11.7 Å². The van der Waals surface area contributed by atoms with Crippen LogP contribution in [0.2, 0.25) is 5.02 Å². The Hall–Kier alpha value is -2.88. The van der Waals surface area contributed by atoms with Crippen molar-refractivity contribution in [1.29, 1.82) is 5.26 Å². The van der Waals surface area contributed by atoms with Gasteiger partial charge in [-0.2, -0.15) is 5.26 Å². The first kappa shape index (κ1) is 18.9. The van der Waals surface area contributed by atoms with Crippen LogP contribution in [-0.2, 0) is 9.53 Å². The number of halogens is 2. The van der Waals surface area contributed by atoms with Crippen molar-refractivity contribution in [1.82, 2.24) is 0 Å². The van der Waals surface area contributed by atoms with Crippen LogP contribution in [0.1, 0.15) is 5.56 Å². The summed E-state index contributed by atoms with van der Waals surface area (Å²) < 4.78 is 19.7. The standard InChI is InChI=1S/C20H17ClFN3O2/c21-16-2-4-17(5-3-16)24-20(26)15(13-23)11-14-1-6-19(18(22)12-14)25-7-9-27-10-8-25/h1-6,11-12H,7-10H2,(H,24,26)/b15-11-. The van der Waals surface area contributed by atoms with Gasteiger partial charge in [-0.25, -0.2) is 4.39 Å². The highest BCUT2D eigenvalue weighted by atomic mass is 35.5. The fraction of sp³-hybridized carbons (Fsp3) is 0.200. The van der Waals surface area contributed by atoms with Crippen molar-refractivity contribution < 1.29 is 13.9 Å². The van der Waals surface area contributed by atoms with E-state index in [0.29, 0.717) is 48.3 Å². The lowest BCUT2D eigenvalue weighted by molar-refractivity contribution is -0.112. The molecule has 2 aromatic carbocycles. The van der Waals surface area contributed by atoms with Crippen LogP contribution in [-0.4, -0.2) is 32.2 Å². The van der Waals surface area contributed by atoms with E-state index in [1.807, 2.05) is 11.0 Å². The third kappa shape index (κ3) is 4.85. The largest absolute Gasteiger partial charge is 0.378 e. The first-order valence-corrected chi connectivity index (χ1v) is 8.75. The number of nitrogens with zero attached hydrogens (tertiary/aromatic N) is 2. The highest BCUT2D eigenvalue weighted by Crippen LogP contribution is 2.23. The van der Waals surface area contributed by atoms with Gasteiger partial charge in [0.1, 0.15) is 17.5 Å². The SMILES string of the molecule is N#C/C(=C/c1ccc(N2CCOCC2)c(F)c1)C(=O)Nc1ccc(Cl)cc1. The van der Waals surface area contributed by atoms with E-state index in [4.69, 9.17) is 16.3 Å². The maximum absolute atomic E-state index is 14.5. The Bertz CT molecular complexity index is 900. The van der Waals surface area contributed by atoms with Crippen molar-refractivity contribution in [3.8, 4) is 6.07 Å². The van der Waals surface area contributed by atoms with Gasteiger partial charge in [0.2, 0.25) is 0 Å². The summed E-state index contributed by atoms with van der Waals surface area (Å²) in [6, 6.07) is 13.0. The Morgan fingerprint density at radius 2 is 1.93 bits per heavy atom. The Labute approximate surface area is 161 Å². The number of hydrogen-bond acceptors (Lipinski definition) is 4. The summed E-state index contributed by atoms with van der Waals surface area (Å²) in [6.07, 6.45) is 1.36. The Kier molecular flexibility index (Phi) is 6.07. The van der Waals surface area contributed by atoms with E-state index >= 15 is 0 Å². The van der Waals surface area contributed by atoms with Gasteiger partial charge >= 0.3 is 0 Å². The molecule has 0 radical (unpaired) electrons. The van der Waals surface area contributed by atoms with Crippen molar-refractivity contribution in [2.75, 3.05) is 36.5 Å². The molecule has 0 unspecified atom stereocenters. The quantitative estimate of drug-likeness (QED) is 0.641. The molecule has 27 heavy (non-hydrogen) atoms. The van der Waals surface area contributed by atoms with Gasteiger partial charge in [-0.15, -0.1) is 0 Å². The highest BCUT2D eigenvalue weighted by Gasteiger charge is 2.16. The molecule has 5 nitrogen and oxygen atoms in total. The summed E-state index contributed by atoms with van der Waals surface area (Å²) in [4.78, 5) is 14.2. The van der Waals surface area contributed by atoms with E-state index in [2.05, 4.69) is 5.32 Å². The molecule has 0 spiro atoms. The number of carbonyl (C=O) groups excluding carboxylic acids is 1. The summed E-state index contributed by atoms with van der Waals surface area (Å²) in [5.41, 5.74) is 1.31. The van der Waals surface area contributed by atoms with Gasteiger partial charge in [-0.05, 0) is 48.0 Å². The molecule has 0 aliphatic carbocycles. The van der Waals surface area contributed by atoms with Gasteiger partial charge in [0.05, 0.1) is 18.9 Å². The Morgan fingerprint density at radius 3 is 2.56 bits per heavy atom. The highest BCUT2D eigenvalue weighted by molar-refractivity contribution is 6.30. The maximum atomic E-state index is 14.5. The molecule has 0 saturated carbocycles. The Balaban J connectivity index is 1.76. The average molecular weight is 386 g/mol. The van der Waals surface area contributed by atoms with Gasteiger partial charge < -0.3 is 15.0 Å². The molecule has 1 heterocycles. The molecule has 1 saturated heterocycles. The fourth-order valence-electron chi connectivity index (χ4n) is 2.72. The van der Waals surface area contributed by atoms with E-state index in [1.165, 1.54) is 12.1 Å². The van der Waals surface area contributed by atoms with Crippen molar-refractivity contribution >= 4 is 35.0 Å². The van der Waals surface area contributed by atoms with Crippen LogP contribution in [0.25, 0.3) is 6.08 Å². The lowest BCUT2D eigenvalue weighted by Gasteiger charge is -2.29. The molecule has 0 bridgehead atoms. The lowest BCUT2D eigenvalue weighted by atomic mass is 10.1. The number of rotatable bonds is 4. The van der Waals surface area contributed by atoms with Crippen LogP contribution in [0.15, 0.2) is 48.0 Å². The first-order valence-electron chi connectivity index (χ1n) is 8.38. The third-order valence-electron chi connectivity index (χ3n) is 4.10. The van der Waals surface area contributed by atoms with E-state index in [1.54, 1.807) is 36.4 Å². The number of anilines is 2. The van der Waals surface area contributed by atoms with Crippen LogP contribution >= 0.6 is 11.6 Å². The topological polar surface area (TPSA) is 65.4 Å². The number of amides is 1. The number of hydrogen-bond donors (Lipinski definition) is 1. The molecule has 0 atom stereocenters. The molecule has 2 aromatic rings. The van der Waals surface area contributed by atoms with Crippen LogP contribution in [0.3, 0.4) is 0 Å². The number of ether oxygens (including phenoxy) is 1. The molecule has 1 fully saturated rings. The summed E-state index contributed by atoms with van der Waals surface area (Å²) in [5.74, 6) is -0.974. The number of benzene rings is 2. The summed E-state index contributed by atoms with van der Waals surface area (Å²) >= 11 is 5.81. The molecular formula is C20H17ClFN3O2. The predicted molar refractivity (Wildman–Crippen MR) is 103 cm³/mol. The smallest absolute Gasteiger partial charge is 0.266 e.